The van der Waals surface area contributed by atoms with Crippen molar-refractivity contribution in [1.29, 1.82) is 0 Å². The summed E-state index contributed by atoms with van der Waals surface area (Å²) in [7, 11) is 0. The minimum atomic E-state index is 0.650. The van der Waals surface area contributed by atoms with Crippen molar-refractivity contribution in [3.8, 4) is 11.5 Å². The molecule has 0 fully saturated rings. The molecular formula is C13H18O2. The predicted octanol–water partition coefficient (Wildman–Crippen LogP) is 3.44. The Balaban J connectivity index is 3.16. The zero-order valence-corrected chi connectivity index (χ0v) is 9.67. The second-order valence-electron chi connectivity index (χ2n) is 3.18. The van der Waals surface area contributed by atoms with Gasteiger partial charge in [-0.3, -0.25) is 0 Å². The summed E-state index contributed by atoms with van der Waals surface area (Å²) in [6.07, 6.45) is 1.80. The lowest BCUT2D eigenvalue weighted by Gasteiger charge is -2.14. The zero-order chi connectivity index (χ0) is 11.3. The smallest absolute Gasteiger partial charge is 0.133 e. The van der Waals surface area contributed by atoms with E-state index in [1.807, 2.05) is 32.9 Å². The Hall–Kier alpha value is -1.44. The first-order valence-electron chi connectivity index (χ1n) is 5.26. The highest BCUT2D eigenvalue weighted by Gasteiger charge is 2.09. The molecule has 0 saturated heterocycles. The first-order chi connectivity index (χ1) is 7.24. The molecule has 0 N–H and O–H groups in total. The van der Waals surface area contributed by atoms with Gasteiger partial charge in [0.2, 0.25) is 0 Å². The van der Waals surface area contributed by atoms with Crippen LogP contribution in [0.5, 0.6) is 11.5 Å². The van der Waals surface area contributed by atoms with Crippen molar-refractivity contribution in [2.24, 2.45) is 0 Å². The number of ether oxygens (including phenoxy) is 2. The van der Waals surface area contributed by atoms with Gasteiger partial charge in [0.1, 0.15) is 11.5 Å². The van der Waals surface area contributed by atoms with Gasteiger partial charge in [-0.2, -0.15) is 0 Å². The molecule has 0 bridgehead atoms. The third kappa shape index (κ3) is 2.52. The molecule has 2 nitrogen and oxygen atoms in total. The molecule has 0 aliphatic carbocycles. The lowest BCUT2D eigenvalue weighted by atomic mass is 10.1. The van der Waals surface area contributed by atoms with Crippen LogP contribution in [0.1, 0.15) is 25.0 Å². The molecule has 0 heterocycles. The molecule has 1 aromatic carbocycles. The molecule has 0 atom stereocenters. The maximum absolute atomic E-state index is 5.59. The highest BCUT2D eigenvalue weighted by molar-refractivity contribution is 5.61. The molecule has 0 radical (unpaired) electrons. The average Bonchev–Trinajstić information content (AvgIpc) is 2.25. The Kier molecular flexibility index (Phi) is 4.22. The van der Waals surface area contributed by atoms with E-state index in [9.17, 15) is 0 Å². The number of hydrogen-bond acceptors (Lipinski definition) is 2. The summed E-state index contributed by atoms with van der Waals surface area (Å²) in [5, 5.41) is 0. The van der Waals surface area contributed by atoms with Gasteiger partial charge >= 0.3 is 0 Å². The molecule has 0 aromatic heterocycles. The summed E-state index contributed by atoms with van der Waals surface area (Å²) < 4.78 is 11.1. The molecule has 82 valence electrons. The van der Waals surface area contributed by atoms with Crippen LogP contribution in [-0.4, -0.2) is 13.2 Å². The van der Waals surface area contributed by atoms with Crippen LogP contribution in [0.25, 0.3) is 6.08 Å². The van der Waals surface area contributed by atoms with Crippen molar-refractivity contribution in [1.82, 2.24) is 0 Å². The minimum absolute atomic E-state index is 0.650. The maximum atomic E-state index is 5.59. The van der Waals surface area contributed by atoms with Crippen LogP contribution in [0.3, 0.4) is 0 Å². The predicted molar refractivity (Wildman–Crippen MR) is 63.6 cm³/mol. The number of hydrogen-bond donors (Lipinski definition) is 0. The van der Waals surface area contributed by atoms with Crippen molar-refractivity contribution in [3.05, 3.63) is 29.8 Å². The van der Waals surface area contributed by atoms with Crippen molar-refractivity contribution in [2.75, 3.05) is 13.2 Å². The standard InChI is InChI=1S/C13H18O2/c1-5-11-8-9-12(14-6-2)10(4)13(11)15-7-3/h5,8-9H,1,6-7H2,2-4H3. The summed E-state index contributed by atoms with van der Waals surface area (Å²) >= 11 is 0. The van der Waals surface area contributed by atoms with Crippen molar-refractivity contribution in [2.45, 2.75) is 20.8 Å². The third-order valence-corrected chi connectivity index (χ3v) is 2.20. The molecule has 0 unspecified atom stereocenters. The molecule has 15 heavy (non-hydrogen) atoms. The monoisotopic (exact) mass is 206 g/mol. The highest BCUT2D eigenvalue weighted by atomic mass is 16.5. The van der Waals surface area contributed by atoms with Crippen LogP contribution in [0, 0.1) is 6.92 Å². The van der Waals surface area contributed by atoms with Crippen LogP contribution in [0.2, 0.25) is 0 Å². The Labute approximate surface area is 91.5 Å². The molecule has 0 aliphatic heterocycles. The molecule has 0 saturated carbocycles. The van der Waals surface area contributed by atoms with E-state index in [1.54, 1.807) is 6.08 Å². The van der Waals surface area contributed by atoms with Gasteiger partial charge in [0.25, 0.3) is 0 Å². The lowest BCUT2D eigenvalue weighted by Crippen LogP contribution is -2.00. The molecular weight excluding hydrogens is 188 g/mol. The second-order valence-corrected chi connectivity index (χ2v) is 3.18. The zero-order valence-electron chi connectivity index (χ0n) is 9.67. The van der Waals surface area contributed by atoms with Gasteiger partial charge in [-0.15, -0.1) is 0 Å². The van der Waals surface area contributed by atoms with E-state index >= 15 is 0 Å². The summed E-state index contributed by atoms with van der Waals surface area (Å²) in [6.45, 7) is 11.0. The Morgan fingerprint density at radius 2 is 1.87 bits per heavy atom. The van der Waals surface area contributed by atoms with E-state index < -0.39 is 0 Å². The molecule has 2 heteroatoms. The van der Waals surface area contributed by atoms with Gasteiger partial charge in [-0.05, 0) is 32.9 Å². The Morgan fingerprint density at radius 3 is 2.40 bits per heavy atom. The van der Waals surface area contributed by atoms with E-state index in [0.717, 1.165) is 22.6 Å². The van der Waals surface area contributed by atoms with E-state index in [4.69, 9.17) is 9.47 Å². The quantitative estimate of drug-likeness (QED) is 0.734. The van der Waals surface area contributed by atoms with Crippen LogP contribution in [-0.2, 0) is 0 Å². The van der Waals surface area contributed by atoms with E-state index in [0.29, 0.717) is 13.2 Å². The number of benzene rings is 1. The average molecular weight is 206 g/mol. The van der Waals surface area contributed by atoms with E-state index in [1.165, 1.54) is 0 Å². The first-order valence-corrected chi connectivity index (χ1v) is 5.26. The SMILES string of the molecule is C=Cc1ccc(OCC)c(C)c1OCC. The topological polar surface area (TPSA) is 18.5 Å². The van der Waals surface area contributed by atoms with Crippen LogP contribution < -0.4 is 9.47 Å². The summed E-state index contributed by atoms with van der Waals surface area (Å²) in [6, 6.07) is 3.92. The minimum Gasteiger partial charge on any atom is -0.493 e. The third-order valence-electron chi connectivity index (χ3n) is 2.20. The molecule has 0 amide bonds. The van der Waals surface area contributed by atoms with Crippen molar-refractivity contribution in [3.63, 3.8) is 0 Å². The van der Waals surface area contributed by atoms with Gasteiger partial charge < -0.3 is 9.47 Å². The molecule has 0 aliphatic rings. The summed E-state index contributed by atoms with van der Waals surface area (Å²) in [4.78, 5) is 0. The fraction of sp³-hybridized carbons (Fsp3) is 0.385. The van der Waals surface area contributed by atoms with Gasteiger partial charge in [0.15, 0.2) is 0 Å². The first kappa shape index (κ1) is 11.6. The molecule has 1 aromatic rings. The van der Waals surface area contributed by atoms with Crippen molar-refractivity contribution >= 4 is 6.08 Å². The Morgan fingerprint density at radius 1 is 1.20 bits per heavy atom. The van der Waals surface area contributed by atoms with Crippen molar-refractivity contribution < 1.29 is 9.47 Å². The van der Waals surface area contributed by atoms with E-state index in [-0.39, 0.29) is 0 Å². The summed E-state index contributed by atoms with van der Waals surface area (Å²) in [5.41, 5.74) is 2.05. The fourth-order valence-corrected chi connectivity index (χ4v) is 1.50. The fourth-order valence-electron chi connectivity index (χ4n) is 1.50. The molecule has 1 rings (SSSR count). The van der Waals surface area contributed by atoms with Gasteiger partial charge in [-0.25, -0.2) is 0 Å². The molecule has 0 spiro atoms. The van der Waals surface area contributed by atoms with Gasteiger partial charge in [-0.1, -0.05) is 12.7 Å². The van der Waals surface area contributed by atoms with Crippen LogP contribution in [0.15, 0.2) is 18.7 Å². The highest BCUT2D eigenvalue weighted by Crippen LogP contribution is 2.32. The van der Waals surface area contributed by atoms with E-state index in [2.05, 4.69) is 6.58 Å². The largest absolute Gasteiger partial charge is 0.493 e. The lowest BCUT2D eigenvalue weighted by molar-refractivity contribution is 0.318. The van der Waals surface area contributed by atoms with Gasteiger partial charge in [0.05, 0.1) is 13.2 Å². The maximum Gasteiger partial charge on any atom is 0.133 e. The second kappa shape index (κ2) is 5.44. The normalized spacial score (nSPS) is 9.80. The van der Waals surface area contributed by atoms with Crippen LogP contribution >= 0.6 is 0 Å². The Bertz CT molecular complexity index is 343. The number of rotatable bonds is 5. The van der Waals surface area contributed by atoms with Crippen LogP contribution in [0.4, 0.5) is 0 Å². The summed E-state index contributed by atoms with van der Waals surface area (Å²) in [5.74, 6) is 1.75. The van der Waals surface area contributed by atoms with Gasteiger partial charge in [0, 0.05) is 11.1 Å².